The second-order valence-corrected chi connectivity index (χ2v) is 17.5. The van der Waals surface area contributed by atoms with Crippen molar-refractivity contribution in [3.8, 4) is 11.1 Å². The predicted octanol–water partition coefficient (Wildman–Crippen LogP) is 13.7. The van der Waals surface area contributed by atoms with Crippen LogP contribution in [0.1, 0.15) is 171 Å². The maximum atomic E-state index is 2.62. The Morgan fingerprint density at radius 2 is 0.711 bits per heavy atom. The Labute approximate surface area is 277 Å². The average Bonchev–Trinajstić information content (AvgIpc) is 3.67. The van der Waals surface area contributed by atoms with Crippen LogP contribution in [0.3, 0.4) is 0 Å². The summed E-state index contributed by atoms with van der Waals surface area (Å²) in [5.74, 6) is 0. The van der Waals surface area contributed by atoms with Crippen molar-refractivity contribution in [3.63, 3.8) is 0 Å². The number of benzene rings is 2. The van der Waals surface area contributed by atoms with Crippen LogP contribution < -0.4 is 0 Å². The van der Waals surface area contributed by atoms with Gasteiger partial charge in [0.2, 0.25) is 0 Å². The smallest absolute Gasteiger partial charge is 0.0159 e. The molecule has 0 bridgehead atoms. The highest BCUT2D eigenvalue weighted by molar-refractivity contribution is 5.95. The Morgan fingerprint density at radius 3 is 1.00 bits per heavy atom. The fourth-order valence-corrected chi connectivity index (χ4v) is 9.98. The largest absolute Gasteiger partial charge is 0.0683 e. The molecule has 2 aromatic rings. The molecule has 0 heterocycles. The molecule has 0 radical (unpaired) electrons. The average molecular weight is 603 g/mol. The topological polar surface area (TPSA) is 0 Å². The zero-order valence-corrected chi connectivity index (χ0v) is 32.2. The van der Waals surface area contributed by atoms with Crippen molar-refractivity contribution in [3.05, 3.63) is 91.1 Å². The number of hydrogen-bond donors (Lipinski definition) is 0. The van der Waals surface area contributed by atoms with Gasteiger partial charge in [0.15, 0.2) is 0 Å². The molecule has 0 aromatic heterocycles. The summed E-state index contributed by atoms with van der Waals surface area (Å²) in [6.07, 6.45) is 2.21. The van der Waals surface area contributed by atoms with Crippen molar-refractivity contribution in [1.82, 2.24) is 0 Å². The van der Waals surface area contributed by atoms with Crippen molar-refractivity contribution in [2.75, 3.05) is 0 Å². The maximum Gasteiger partial charge on any atom is 0.0159 e. The molecule has 0 nitrogen and oxygen atoms in total. The highest BCUT2D eigenvalue weighted by Gasteiger charge is 2.49. The van der Waals surface area contributed by atoms with Crippen LogP contribution in [0.4, 0.5) is 0 Å². The third-order valence-electron chi connectivity index (χ3n) is 12.0. The lowest BCUT2D eigenvalue weighted by Crippen LogP contribution is -2.20. The lowest BCUT2D eigenvalue weighted by Gasteiger charge is -2.30. The molecule has 2 aromatic carbocycles. The molecule has 0 amide bonds. The molecule has 0 N–H and O–H groups in total. The number of fused-ring (bicyclic) bond motifs is 7. The van der Waals surface area contributed by atoms with Crippen LogP contribution in [-0.2, 0) is 16.2 Å². The second-order valence-electron chi connectivity index (χ2n) is 17.5. The molecule has 0 saturated heterocycles. The predicted molar refractivity (Wildman–Crippen MR) is 200 cm³/mol. The first kappa shape index (κ1) is 33.8. The molecule has 5 aliphatic carbocycles. The van der Waals surface area contributed by atoms with Gasteiger partial charge in [0.1, 0.15) is 0 Å². The summed E-state index contributed by atoms with van der Waals surface area (Å²) in [5, 5.41) is 0. The highest BCUT2D eigenvalue weighted by Crippen LogP contribution is 2.63. The van der Waals surface area contributed by atoms with Gasteiger partial charge in [0.25, 0.3) is 0 Å². The van der Waals surface area contributed by atoms with E-state index in [9.17, 15) is 0 Å². The van der Waals surface area contributed by atoms with Gasteiger partial charge >= 0.3 is 0 Å². The first-order valence-electron chi connectivity index (χ1n) is 18.0. The molecule has 0 saturated carbocycles. The van der Waals surface area contributed by atoms with E-state index < -0.39 is 0 Å². The molecule has 0 atom stereocenters. The molecule has 0 unspecified atom stereocenters. The normalized spacial score (nSPS) is 21.1. The number of rotatable bonds is 0. The fourth-order valence-electron chi connectivity index (χ4n) is 9.98. The minimum Gasteiger partial charge on any atom is -0.0683 e. The third kappa shape index (κ3) is 4.36. The van der Waals surface area contributed by atoms with E-state index in [4.69, 9.17) is 0 Å². The summed E-state index contributed by atoms with van der Waals surface area (Å²) in [5.41, 5.74) is 25.3. The number of hydrogen-bond acceptors (Lipinski definition) is 0. The van der Waals surface area contributed by atoms with Gasteiger partial charge in [-0.25, -0.2) is 0 Å². The van der Waals surface area contributed by atoms with Crippen LogP contribution in [0.5, 0.6) is 0 Å². The van der Waals surface area contributed by atoms with Gasteiger partial charge in [-0.15, -0.1) is 0 Å². The zero-order chi connectivity index (χ0) is 34.0. The first-order valence-corrected chi connectivity index (χ1v) is 18.0. The van der Waals surface area contributed by atoms with Crippen molar-refractivity contribution < 1.29 is 0 Å². The van der Waals surface area contributed by atoms with Crippen LogP contribution in [0.15, 0.2) is 57.7 Å². The van der Waals surface area contributed by atoms with Crippen LogP contribution in [0.25, 0.3) is 22.3 Å². The van der Waals surface area contributed by atoms with Gasteiger partial charge in [-0.05, 0) is 140 Å². The molecule has 0 spiro atoms. The van der Waals surface area contributed by atoms with E-state index in [-0.39, 0.29) is 27.1 Å². The lowest BCUT2D eigenvalue weighted by molar-refractivity contribution is 0.491. The van der Waals surface area contributed by atoms with Crippen LogP contribution in [-0.4, -0.2) is 0 Å². The molecular formula is C45H62. The SMILES string of the molecule is CC.CC.CC1=C(C(C)(C)C)CC2=C1C(C)(C)c1cc3c(cc12)C(C)(C)c1cc2c(cc1-3)C(C)(C)C1=C2CC(C(C)(C)C)=C1C. The van der Waals surface area contributed by atoms with Gasteiger partial charge in [0.05, 0.1) is 0 Å². The zero-order valence-electron chi connectivity index (χ0n) is 32.2. The minimum atomic E-state index is -0.0164. The third-order valence-corrected chi connectivity index (χ3v) is 12.0. The van der Waals surface area contributed by atoms with E-state index in [0.29, 0.717) is 0 Å². The van der Waals surface area contributed by atoms with E-state index in [2.05, 4.69) is 121 Å². The van der Waals surface area contributed by atoms with E-state index in [1.807, 2.05) is 27.7 Å². The van der Waals surface area contributed by atoms with Gasteiger partial charge in [-0.1, -0.05) is 122 Å². The Morgan fingerprint density at radius 1 is 0.444 bits per heavy atom. The van der Waals surface area contributed by atoms with Crippen LogP contribution in [0, 0.1) is 10.8 Å². The summed E-state index contributed by atoms with van der Waals surface area (Å²) in [7, 11) is 0. The molecule has 45 heavy (non-hydrogen) atoms. The van der Waals surface area contributed by atoms with Crippen LogP contribution in [0.2, 0.25) is 0 Å². The molecule has 0 heteroatoms. The van der Waals surface area contributed by atoms with Crippen molar-refractivity contribution in [2.45, 2.75) is 154 Å². The van der Waals surface area contributed by atoms with Crippen molar-refractivity contribution in [1.29, 1.82) is 0 Å². The molecular weight excluding hydrogens is 540 g/mol. The second kappa shape index (κ2) is 10.2. The summed E-state index contributed by atoms with van der Waals surface area (Å²) in [4.78, 5) is 0. The van der Waals surface area contributed by atoms with E-state index >= 15 is 0 Å². The van der Waals surface area contributed by atoms with Crippen LogP contribution >= 0.6 is 0 Å². The minimum absolute atomic E-state index is 0.0164. The Kier molecular flexibility index (Phi) is 7.65. The maximum absolute atomic E-state index is 2.62. The summed E-state index contributed by atoms with van der Waals surface area (Å²) in [6.45, 7) is 41.9. The monoisotopic (exact) mass is 602 g/mol. The van der Waals surface area contributed by atoms with E-state index in [0.717, 1.165) is 12.8 Å². The van der Waals surface area contributed by atoms with Gasteiger partial charge in [-0.2, -0.15) is 0 Å². The summed E-state index contributed by atoms with van der Waals surface area (Å²) >= 11 is 0. The highest BCUT2D eigenvalue weighted by atomic mass is 14.5. The Bertz CT molecular complexity index is 1620. The van der Waals surface area contributed by atoms with Crippen molar-refractivity contribution in [2.24, 2.45) is 10.8 Å². The standard InChI is InChI=1S/C41H50.2C2H6/c1-21-29(37(3,4)5)19-27-25-17-31-23(15-33(25)40(11,12)35(21)27)24-16-34-26(18-32(24)39(31,9)10)28-20-30(38(6,7)8)22(2)36(28)41(34,13)14;2*1-2/h15-18H,19-20H2,1-14H3;2*1-2H3. The quantitative estimate of drug-likeness (QED) is 0.281. The van der Waals surface area contributed by atoms with Gasteiger partial charge in [0, 0.05) is 16.2 Å². The van der Waals surface area contributed by atoms with Gasteiger partial charge in [-0.3, -0.25) is 0 Å². The van der Waals surface area contributed by atoms with E-state index in [1.54, 1.807) is 44.6 Å². The Hall–Kier alpha value is -2.60. The Balaban J connectivity index is 0.000000963. The summed E-state index contributed by atoms with van der Waals surface area (Å²) < 4.78 is 0. The molecule has 242 valence electrons. The molecule has 7 rings (SSSR count). The van der Waals surface area contributed by atoms with Crippen molar-refractivity contribution >= 4 is 11.1 Å². The molecule has 0 fully saturated rings. The van der Waals surface area contributed by atoms with E-state index in [1.165, 1.54) is 44.5 Å². The number of allylic oxidation sites excluding steroid dienone is 8. The lowest BCUT2D eigenvalue weighted by atomic mass is 9.74. The molecule has 5 aliphatic rings. The molecule has 0 aliphatic heterocycles. The first-order chi connectivity index (χ1) is 20.7. The van der Waals surface area contributed by atoms with Gasteiger partial charge < -0.3 is 0 Å². The fraction of sp³-hybridized carbons (Fsp3) is 0.556. The summed E-state index contributed by atoms with van der Waals surface area (Å²) in [6, 6.07) is 10.5.